The topological polar surface area (TPSA) is 63.3 Å². The summed E-state index contributed by atoms with van der Waals surface area (Å²) in [7, 11) is 0. The van der Waals surface area contributed by atoms with Gasteiger partial charge in [-0.15, -0.1) is 0 Å². The number of oxazole rings is 1. The van der Waals surface area contributed by atoms with Crippen LogP contribution in [0.1, 0.15) is 42.6 Å². The van der Waals surface area contributed by atoms with Crippen molar-refractivity contribution in [1.29, 1.82) is 0 Å². The quantitative estimate of drug-likeness (QED) is 0.907. The molecule has 1 aromatic heterocycles. The fourth-order valence-corrected chi connectivity index (χ4v) is 1.90. The van der Waals surface area contributed by atoms with Crippen molar-refractivity contribution < 1.29 is 18.7 Å². The molecule has 4 nitrogen and oxygen atoms in total. The first kappa shape index (κ1) is 14.2. The highest BCUT2D eigenvalue weighted by molar-refractivity contribution is 5.86. The van der Waals surface area contributed by atoms with Gasteiger partial charge < -0.3 is 9.52 Å². The molecule has 0 unspecified atom stereocenters. The molecule has 0 radical (unpaired) electrons. The molecule has 1 heterocycles. The van der Waals surface area contributed by atoms with Gasteiger partial charge in [0.25, 0.3) is 0 Å². The standard InChI is InChI=1S/C15H16FNO3/c1-8-6-5-7-9(10(8)16)13-17-12(15(2,3)4)11(20-13)14(18)19/h5-7H,1-4H3,(H,18,19). The third-order valence-electron chi connectivity index (χ3n) is 2.95. The van der Waals surface area contributed by atoms with Gasteiger partial charge in [-0.1, -0.05) is 32.9 Å². The number of aromatic carboxylic acids is 1. The number of aromatic nitrogens is 1. The number of halogens is 1. The maximum Gasteiger partial charge on any atom is 0.373 e. The number of carboxylic acids is 1. The summed E-state index contributed by atoms with van der Waals surface area (Å²) >= 11 is 0. The zero-order valence-corrected chi connectivity index (χ0v) is 11.8. The van der Waals surface area contributed by atoms with Crippen LogP contribution in [0.25, 0.3) is 11.5 Å². The lowest BCUT2D eigenvalue weighted by molar-refractivity contribution is 0.0659. The summed E-state index contributed by atoms with van der Waals surface area (Å²) in [6.45, 7) is 7.11. The minimum absolute atomic E-state index is 0.00600. The van der Waals surface area contributed by atoms with Gasteiger partial charge in [0.05, 0.1) is 5.56 Å². The summed E-state index contributed by atoms with van der Waals surface area (Å²) in [5.74, 6) is -1.91. The number of nitrogens with zero attached hydrogens (tertiary/aromatic N) is 1. The van der Waals surface area contributed by atoms with E-state index < -0.39 is 17.2 Å². The second-order valence-electron chi connectivity index (χ2n) is 5.69. The smallest absolute Gasteiger partial charge is 0.373 e. The maximum absolute atomic E-state index is 14.1. The van der Waals surface area contributed by atoms with Gasteiger partial charge in [0.15, 0.2) is 0 Å². The van der Waals surface area contributed by atoms with Crippen molar-refractivity contribution in [3.05, 3.63) is 41.0 Å². The number of hydrogen-bond acceptors (Lipinski definition) is 3. The number of aryl methyl sites for hydroxylation is 1. The summed E-state index contributed by atoms with van der Waals surface area (Å²) in [4.78, 5) is 15.4. The van der Waals surface area contributed by atoms with Crippen LogP contribution in [0.5, 0.6) is 0 Å². The average Bonchev–Trinajstić information content (AvgIpc) is 2.77. The molecule has 0 bridgehead atoms. The molecule has 0 aliphatic heterocycles. The second-order valence-corrected chi connectivity index (χ2v) is 5.69. The summed E-state index contributed by atoms with van der Waals surface area (Å²) in [5.41, 5.74) is 0.425. The molecular weight excluding hydrogens is 261 g/mol. The predicted octanol–water partition coefficient (Wildman–Crippen LogP) is 3.78. The second kappa shape index (κ2) is 4.74. The number of rotatable bonds is 2. The Hall–Kier alpha value is -2.17. The Morgan fingerprint density at radius 2 is 2.00 bits per heavy atom. The number of carboxylic acid groups (broad SMARTS) is 1. The fourth-order valence-electron chi connectivity index (χ4n) is 1.90. The van der Waals surface area contributed by atoms with Crippen LogP contribution in [0.15, 0.2) is 22.6 Å². The molecule has 20 heavy (non-hydrogen) atoms. The molecule has 1 aromatic carbocycles. The van der Waals surface area contributed by atoms with Crippen LogP contribution in [0.3, 0.4) is 0 Å². The van der Waals surface area contributed by atoms with Gasteiger partial charge >= 0.3 is 5.97 Å². The van der Waals surface area contributed by atoms with E-state index >= 15 is 0 Å². The van der Waals surface area contributed by atoms with Crippen LogP contribution >= 0.6 is 0 Å². The van der Waals surface area contributed by atoms with E-state index in [0.29, 0.717) is 11.3 Å². The van der Waals surface area contributed by atoms with Crippen LogP contribution in [-0.2, 0) is 5.41 Å². The molecule has 0 spiro atoms. The molecule has 0 saturated carbocycles. The first-order chi connectivity index (χ1) is 9.21. The monoisotopic (exact) mass is 277 g/mol. The van der Waals surface area contributed by atoms with Crippen LogP contribution in [0.4, 0.5) is 4.39 Å². The summed E-state index contributed by atoms with van der Waals surface area (Å²) in [5, 5.41) is 9.19. The van der Waals surface area contributed by atoms with Gasteiger partial charge in [0.2, 0.25) is 11.7 Å². The highest BCUT2D eigenvalue weighted by Crippen LogP contribution is 2.31. The van der Waals surface area contributed by atoms with E-state index in [-0.39, 0.29) is 17.2 Å². The van der Waals surface area contributed by atoms with Gasteiger partial charge in [-0.25, -0.2) is 14.2 Å². The Labute approximate surface area is 116 Å². The molecule has 2 rings (SSSR count). The van der Waals surface area contributed by atoms with E-state index in [0.717, 1.165) is 0 Å². The molecule has 0 amide bonds. The van der Waals surface area contributed by atoms with Crippen LogP contribution < -0.4 is 0 Å². The van der Waals surface area contributed by atoms with Crippen molar-refractivity contribution in [2.24, 2.45) is 0 Å². The zero-order valence-electron chi connectivity index (χ0n) is 11.8. The molecule has 0 saturated heterocycles. The molecule has 1 N–H and O–H groups in total. The molecule has 106 valence electrons. The SMILES string of the molecule is Cc1cccc(-c2nc(C(C)(C)C)c(C(=O)O)o2)c1F. The summed E-state index contributed by atoms with van der Waals surface area (Å²) < 4.78 is 19.4. The van der Waals surface area contributed by atoms with E-state index in [9.17, 15) is 14.3 Å². The average molecular weight is 277 g/mol. The number of benzene rings is 1. The van der Waals surface area contributed by atoms with Gasteiger partial charge in [-0.2, -0.15) is 0 Å². The highest BCUT2D eigenvalue weighted by Gasteiger charge is 2.29. The molecule has 0 aliphatic rings. The largest absolute Gasteiger partial charge is 0.475 e. The van der Waals surface area contributed by atoms with Crippen molar-refractivity contribution in [3.63, 3.8) is 0 Å². The van der Waals surface area contributed by atoms with Crippen molar-refractivity contribution in [2.45, 2.75) is 33.1 Å². The fraction of sp³-hybridized carbons (Fsp3) is 0.333. The molecule has 0 aliphatic carbocycles. The van der Waals surface area contributed by atoms with E-state index in [4.69, 9.17) is 4.42 Å². The van der Waals surface area contributed by atoms with E-state index in [2.05, 4.69) is 4.98 Å². The minimum Gasteiger partial charge on any atom is -0.475 e. The van der Waals surface area contributed by atoms with Gasteiger partial charge in [-0.3, -0.25) is 0 Å². The first-order valence-electron chi connectivity index (χ1n) is 6.22. The van der Waals surface area contributed by atoms with Crippen molar-refractivity contribution in [2.75, 3.05) is 0 Å². The first-order valence-corrected chi connectivity index (χ1v) is 6.22. The molecule has 5 heteroatoms. The van der Waals surface area contributed by atoms with E-state index in [1.807, 2.05) is 20.8 Å². The minimum atomic E-state index is -1.21. The predicted molar refractivity (Wildman–Crippen MR) is 72.3 cm³/mol. The normalized spacial score (nSPS) is 11.7. The zero-order chi connectivity index (χ0) is 15.1. The number of hydrogen-bond donors (Lipinski definition) is 1. The maximum atomic E-state index is 14.1. The van der Waals surface area contributed by atoms with Crippen LogP contribution in [0, 0.1) is 12.7 Å². The number of carbonyl (C=O) groups is 1. The van der Waals surface area contributed by atoms with Crippen LogP contribution in [0.2, 0.25) is 0 Å². The third-order valence-corrected chi connectivity index (χ3v) is 2.95. The van der Waals surface area contributed by atoms with Crippen molar-refractivity contribution in [3.8, 4) is 11.5 Å². The Balaban J connectivity index is 2.65. The van der Waals surface area contributed by atoms with Gasteiger partial charge in [0, 0.05) is 5.41 Å². The van der Waals surface area contributed by atoms with Crippen molar-refractivity contribution in [1.82, 2.24) is 4.98 Å². The Bertz CT molecular complexity index is 668. The molecule has 2 aromatic rings. The molecule has 0 atom stereocenters. The Morgan fingerprint density at radius 1 is 1.35 bits per heavy atom. The van der Waals surface area contributed by atoms with E-state index in [1.165, 1.54) is 6.07 Å². The highest BCUT2D eigenvalue weighted by atomic mass is 19.1. The van der Waals surface area contributed by atoms with Crippen LogP contribution in [-0.4, -0.2) is 16.1 Å². The van der Waals surface area contributed by atoms with Gasteiger partial charge in [-0.05, 0) is 18.6 Å². The lowest BCUT2D eigenvalue weighted by Crippen LogP contribution is -2.16. The summed E-state index contributed by atoms with van der Waals surface area (Å²) in [6.07, 6.45) is 0. The summed E-state index contributed by atoms with van der Waals surface area (Å²) in [6, 6.07) is 4.83. The van der Waals surface area contributed by atoms with Gasteiger partial charge in [0.1, 0.15) is 11.5 Å². The molecule has 0 fully saturated rings. The lowest BCUT2D eigenvalue weighted by Gasteiger charge is -2.14. The molecular formula is C15H16FNO3. The lowest BCUT2D eigenvalue weighted by atomic mass is 9.91. The Kier molecular flexibility index (Phi) is 3.38. The van der Waals surface area contributed by atoms with Crippen molar-refractivity contribution >= 4 is 5.97 Å². The van der Waals surface area contributed by atoms with E-state index in [1.54, 1.807) is 19.1 Å². The Morgan fingerprint density at radius 3 is 2.50 bits per heavy atom. The third kappa shape index (κ3) is 2.43.